The Hall–Kier alpha value is -1.93. The standard InChI is InChI=1S/C16H23F2N3O3/c1-12-11-13(24-15(17)18)3-4-14(12)20-16(22)19-5-2-6-21-7-9-23-10-8-21/h3-4,11,15H,2,5-10H2,1H3,(H2,19,20,22). The molecule has 2 rings (SSSR count). The van der Waals surface area contributed by atoms with Crippen LogP contribution < -0.4 is 15.4 Å². The lowest BCUT2D eigenvalue weighted by Gasteiger charge is -2.26. The Morgan fingerprint density at radius 3 is 2.79 bits per heavy atom. The van der Waals surface area contributed by atoms with Crippen molar-refractivity contribution in [1.82, 2.24) is 10.2 Å². The van der Waals surface area contributed by atoms with Crippen molar-refractivity contribution in [2.75, 3.05) is 44.7 Å². The quantitative estimate of drug-likeness (QED) is 0.747. The molecular weight excluding hydrogens is 320 g/mol. The van der Waals surface area contributed by atoms with E-state index in [1.807, 2.05) is 0 Å². The van der Waals surface area contributed by atoms with E-state index < -0.39 is 6.61 Å². The van der Waals surface area contributed by atoms with E-state index in [2.05, 4.69) is 20.3 Å². The monoisotopic (exact) mass is 343 g/mol. The second-order valence-electron chi connectivity index (χ2n) is 5.54. The lowest BCUT2D eigenvalue weighted by Crippen LogP contribution is -2.38. The van der Waals surface area contributed by atoms with Crippen LogP contribution in [0.4, 0.5) is 19.3 Å². The highest BCUT2D eigenvalue weighted by Crippen LogP contribution is 2.22. The van der Waals surface area contributed by atoms with E-state index in [9.17, 15) is 13.6 Å². The molecule has 1 aromatic rings. The van der Waals surface area contributed by atoms with E-state index in [1.54, 1.807) is 13.0 Å². The first-order chi connectivity index (χ1) is 11.5. The van der Waals surface area contributed by atoms with Crippen LogP contribution in [0.15, 0.2) is 18.2 Å². The van der Waals surface area contributed by atoms with Crippen molar-refractivity contribution in [2.45, 2.75) is 20.0 Å². The van der Waals surface area contributed by atoms with Gasteiger partial charge in [0, 0.05) is 25.3 Å². The number of nitrogens with zero attached hydrogens (tertiary/aromatic N) is 1. The Kier molecular flexibility index (Phi) is 7.20. The van der Waals surface area contributed by atoms with E-state index in [0.29, 0.717) is 17.8 Å². The summed E-state index contributed by atoms with van der Waals surface area (Å²) in [5.41, 5.74) is 1.21. The molecule has 0 saturated carbocycles. The smallest absolute Gasteiger partial charge is 0.387 e. The first-order valence-electron chi connectivity index (χ1n) is 7.95. The molecule has 2 N–H and O–H groups in total. The van der Waals surface area contributed by atoms with Crippen LogP contribution in [0.3, 0.4) is 0 Å². The molecule has 0 atom stereocenters. The third kappa shape index (κ3) is 6.29. The third-order valence-electron chi connectivity index (χ3n) is 3.71. The fourth-order valence-electron chi connectivity index (χ4n) is 2.45. The molecule has 1 fully saturated rings. The summed E-state index contributed by atoms with van der Waals surface area (Å²) in [5, 5.41) is 5.49. The number of ether oxygens (including phenoxy) is 2. The summed E-state index contributed by atoms with van der Waals surface area (Å²) in [6, 6.07) is 4.08. The van der Waals surface area contributed by atoms with Gasteiger partial charge in [-0.1, -0.05) is 0 Å². The van der Waals surface area contributed by atoms with Crippen molar-refractivity contribution in [1.29, 1.82) is 0 Å². The molecule has 8 heteroatoms. The second-order valence-corrected chi connectivity index (χ2v) is 5.54. The molecule has 1 aliphatic rings. The topological polar surface area (TPSA) is 62.8 Å². The highest BCUT2D eigenvalue weighted by atomic mass is 19.3. The molecular formula is C16H23F2N3O3. The molecule has 6 nitrogen and oxygen atoms in total. The van der Waals surface area contributed by atoms with Gasteiger partial charge in [0.15, 0.2) is 0 Å². The van der Waals surface area contributed by atoms with Crippen LogP contribution in [0, 0.1) is 6.92 Å². The Morgan fingerprint density at radius 1 is 1.38 bits per heavy atom. The summed E-state index contributed by atoms with van der Waals surface area (Å²) in [6.07, 6.45) is 0.855. The van der Waals surface area contributed by atoms with Gasteiger partial charge in [0.2, 0.25) is 0 Å². The van der Waals surface area contributed by atoms with Gasteiger partial charge in [-0.2, -0.15) is 8.78 Å². The van der Waals surface area contributed by atoms with Crippen LogP contribution in [0.25, 0.3) is 0 Å². The molecule has 0 aromatic heterocycles. The predicted molar refractivity (Wildman–Crippen MR) is 86.7 cm³/mol. The maximum atomic E-state index is 12.2. The predicted octanol–water partition coefficient (Wildman–Crippen LogP) is 2.44. The minimum Gasteiger partial charge on any atom is -0.435 e. The molecule has 0 radical (unpaired) electrons. The Labute approximate surface area is 140 Å². The SMILES string of the molecule is Cc1cc(OC(F)F)ccc1NC(=O)NCCCN1CCOCC1. The Bertz CT molecular complexity index is 537. The molecule has 1 heterocycles. The van der Waals surface area contributed by atoms with Gasteiger partial charge in [0.1, 0.15) is 5.75 Å². The number of anilines is 1. The molecule has 0 unspecified atom stereocenters. The third-order valence-corrected chi connectivity index (χ3v) is 3.71. The molecule has 1 aliphatic heterocycles. The number of hydrogen-bond donors (Lipinski definition) is 2. The molecule has 134 valence electrons. The summed E-state index contributed by atoms with van der Waals surface area (Å²) >= 11 is 0. The van der Waals surface area contributed by atoms with Gasteiger partial charge < -0.3 is 20.1 Å². The zero-order valence-corrected chi connectivity index (χ0v) is 13.7. The van der Waals surface area contributed by atoms with Crippen molar-refractivity contribution >= 4 is 11.7 Å². The highest BCUT2D eigenvalue weighted by molar-refractivity contribution is 5.90. The summed E-state index contributed by atoms with van der Waals surface area (Å²) in [5.74, 6) is 0.0685. The fourth-order valence-corrected chi connectivity index (χ4v) is 2.45. The van der Waals surface area contributed by atoms with Crippen LogP contribution in [-0.2, 0) is 4.74 Å². The number of rotatable bonds is 7. The molecule has 2 amide bonds. The number of amides is 2. The average Bonchev–Trinajstić information content (AvgIpc) is 2.55. The van der Waals surface area contributed by atoms with Gasteiger partial charge in [0.25, 0.3) is 0 Å². The van der Waals surface area contributed by atoms with E-state index in [1.165, 1.54) is 12.1 Å². The van der Waals surface area contributed by atoms with Crippen molar-refractivity contribution < 1.29 is 23.0 Å². The van der Waals surface area contributed by atoms with Crippen LogP contribution in [-0.4, -0.2) is 56.9 Å². The van der Waals surface area contributed by atoms with E-state index in [4.69, 9.17) is 4.74 Å². The van der Waals surface area contributed by atoms with Crippen LogP contribution in [0.1, 0.15) is 12.0 Å². The Balaban J connectivity index is 1.69. The van der Waals surface area contributed by atoms with Crippen molar-refractivity contribution in [3.8, 4) is 5.75 Å². The number of morpholine rings is 1. The molecule has 1 saturated heterocycles. The van der Waals surface area contributed by atoms with Gasteiger partial charge in [0.05, 0.1) is 13.2 Å². The van der Waals surface area contributed by atoms with Crippen molar-refractivity contribution in [3.63, 3.8) is 0 Å². The number of benzene rings is 1. The van der Waals surface area contributed by atoms with Gasteiger partial charge in [-0.05, 0) is 43.7 Å². The van der Waals surface area contributed by atoms with Gasteiger partial charge in [-0.15, -0.1) is 0 Å². The summed E-state index contributed by atoms with van der Waals surface area (Å²) in [4.78, 5) is 14.2. The summed E-state index contributed by atoms with van der Waals surface area (Å²) in [7, 11) is 0. The molecule has 0 aliphatic carbocycles. The first kappa shape index (κ1) is 18.4. The second kappa shape index (κ2) is 9.39. The number of carbonyl (C=O) groups is 1. The maximum Gasteiger partial charge on any atom is 0.387 e. The van der Waals surface area contributed by atoms with Crippen LogP contribution in [0.2, 0.25) is 0 Å². The number of alkyl halides is 2. The fraction of sp³-hybridized carbons (Fsp3) is 0.562. The number of carbonyl (C=O) groups excluding carboxylic acids is 1. The zero-order chi connectivity index (χ0) is 17.4. The highest BCUT2D eigenvalue weighted by Gasteiger charge is 2.10. The van der Waals surface area contributed by atoms with Gasteiger partial charge in [-0.3, -0.25) is 4.90 Å². The minimum atomic E-state index is -2.86. The molecule has 0 bridgehead atoms. The van der Waals surface area contributed by atoms with E-state index in [0.717, 1.165) is 39.3 Å². The number of aryl methyl sites for hydroxylation is 1. The number of nitrogens with one attached hydrogen (secondary N) is 2. The van der Waals surface area contributed by atoms with Gasteiger partial charge in [-0.25, -0.2) is 4.79 Å². The van der Waals surface area contributed by atoms with Crippen LogP contribution >= 0.6 is 0 Å². The normalized spacial score (nSPS) is 15.3. The largest absolute Gasteiger partial charge is 0.435 e. The lowest BCUT2D eigenvalue weighted by molar-refractivity contribution is -0.0498. The number of hydrogen-bond acceptors (Lipinski definition) is 4. The number of urea groups is 1. The van der Waals surface area contributed by atoms with E-state index in [-0.39, 0.29) is 11.8 Å². The average molecular weight is 343 g/mol. The molecule has 0 spiro atoms. The lowest BCUT2D eigenvalue weighted by atomic mass is 10.2. The van der Waals surface area contributed by atoms with E-state index >= 15 is 0 Å². The van der Waals surface area contributed by atoms with Gasteiger partial charge >= 0.3 is 12.6 Å². The summed E-state index contributed by atoms with van der Waals surface area (Å²) in [6.45, 7) is 3.72. The van der Waals surface area contributed by atoms with Crippen molar-refractivity contribution in [2.24, 2.45) is 0 Å². The minimum absolute atomic E-state index is 0.0685. The molecule has 1 aromatic carbocycles. The Morgan fingerprint density at radius 2 is 2.12 bits per heavy atom. The molecule has 24 heavy (non-hydrogen) atoms. The maximum absolute atomic E-state index is 12.2. The number of halogens is 2. The first-order valence-corrected chi connectivity index (χ1v) is 7.95. The summed E-state index contributed by atoms with van der Waals surface area (Å²) < 4.78 is 33.9. The van der Waals surface area contributed by atoms with Crippen molar-refractivity contribution in [3.05, 3.63) is 23.8 Å². The zero-order valence-electron chi connectivity index (χ0n) is 13.7. The van der Waals surface area contributed by atoms with Crippen LogP contribution in [0.5, 0.6) is 5.75 Å².